The molecule has 0 bridgehead atoms. The lowest BCUT2D eigenvalue weighted by Gasteiger charge is -2.40. The molecule has 2 saturated heterocycles. The average molecular weight is 344 g/mol. The van der Waals surface area contributed by atoms with E-state index in [0.29, 0.717) is 52.2 Å². The molecular formula is C16H28N2O4S. The molecule has 3 rings (SSSR count). The fourth-order valence-electron chi connectivity index (χ4n) is 3.55. The Kier molecular flexibility index (Phi) is 4.61. The van der Waals surface area contributed by atoms with Gasteiger partial charge in [0.1, 0.15) is 0 Å². The summed E-state index contributed by atoms with van der Waals surface area (Å²) >= 11 is 0. The molecule has 3 aliphatic heterocycles. The molecule has 132 valence electrons. The number of piperidine rings is 1. The van der Waals surface area contributed by atoms with Crippen molar-refractivity contribution in [2.24, 2.45) is 5.41 Å². The lowest BCUT2D eigenvalue weighted by Crippen LogP contribution is -2.52. The van der Waals surface area contributed by atoms with E-state index in [1.165, 1.54) is 5.57 Å². The molecule has 0 aromatic carbocycles. The summed E-state index contributed by atoms with van der Waals surface area (Å²) in [4.78, 5) is 0. The van der Waals surface area contributed by atoms with Crippen LogP contribution in [0.4, 0.5) is 0 Å². The Hall–Kier alpha value is -0.470. The minimum atomic E-state index is -3.39. The molecule has 0 aromatic rings. The Balaban J connectivity index is 1.63. The normalized spacial score (nSPS) is 27.3. The molecule has 0 N–H and O–H groups in total. The van der Waals surface area contributed by atoms with Crippen molar-refractivity contribution in [2.75, 3.05) is 39.4 Å². The maximum Gasteiger partial charge on any atom is 0.282 e. The predicted octanol–water partition coefficient (Wildman–Crippen LogP) is 1.75. The molecule has 3 heterocycles. The van der Waals surface area contributed by atoms with Crippen LogP contribution in [-0.4, -0.2) is 62.2 Å². The summed E-state index contributed by atoms with van der Waals surface area (Å²) < 4.78 is 40.2. The molecule has 0 amide bonds. The second-order valence-corrected chi connectivity index (χ2v) is 9.53. The predicted molar refractivity (Wildman–Crippen MR) is 88.1 cm³/mol. The lowest BCUT2D eigenvalue weighted by atomic mass is 9.83. The van der Waals surface area contributed by atoms with Crippen molar-refractivity contribution < 1.29 is 17.9 Å². The lowest BCUT2D eigenvalue weighted by molar-refractivity contribution is -0.179. The Bertz CT molecular complexity index is 563. The maximum absolute atomic E-state index is 12.8. The van der Waals surface area contributed by atoms with E-state index in [2.05, 4.69) is 26.8 Å². The Morgan fingerprint density at radius 3 is 2.13 bits per heavy atom. The molecule has 7 heteroatoms. The molecule has 2 fully saturated rings. The zero-order valence-electron chi connectivity index (χ0n) is 14.4. The van der Waals surface area contributed by atoms with Gasteiger partial charge >= 0.3 is 0 Å². The molecule has 0 saturated carbocycles. The summed E-state index contributed by atoms with van der Waals surface area (Å²) in [5, 5.41) is 0. The first-order chi connectivity index (χ1) is 10.7. The quantitative estimate of drug-likeness (QED) is 0.716. The molecule has 6 nitrogen and oxygen atoms in total. The highest BCUT2D eigenvalue weighted by atomic mass is 32.2. The van der Waals surface area contributed by atoms with E-state index in [9.17, 15) is 8.42 Å². The van der Waals surface area contributed by atoms with Crippen molar-refractivity contribution >= 4 is 10.2 Å². The van der Waals surface area contributed by atoms with E-state index >= 15 is 0 Å². The van der Waals surface area contributed by atoms with Crippen LogP contribution in [0.2, 0.25) is 0 Å². The van der Waals surface area contributed by atoms with Gasteiger partial charge in [0.05, 0.1) is 13.2 Å². The van der Waals surface area contributed by atoms with Crippen LogP contribution in [0.3, 0.4) is 0 Å². The van der Waals surface area contributed by atoms with Gasteiger partial charge in [0, 0.05) is 39.0 Å². The third-order valence-corrected chi connectivity index (χ3v) is 7.09. The highest BCUT2D eigenvalue weighted by molar-refractivity contribution is 7.86. The molecule has 0 aliphatic carbocycles. The summed E-state index contributed by atoms with van der Waals surface area (Å²) in [5.74, 6) is -0.534. The van der Waals surface area contributed by atoms with Crippen molar-refractivity contribution in [1.29, 1.82) is 0 Å². The fourth-order valence-corrected chi connectivity index (χ4v) is 5.10. The standard InChI is InChI=1S/C16H28N2O4S/c1-15(2,3)14-4-8-17(9-5-14)23(19,20)18-10-6-16(7-11-18)21-12-13-22-16/h4H,5-13H2,1-3H3. The highest BCUT2D eigenvalue weighted by Gasteiger charge is 2.43. The van der Waals surface area contributed by atoms with Gasteiger partial charge in [-0.05, 0) is 11.8 Å². The van der Waals surface area contributed by atoms with Gasteiger partial charge in [-0.1, -0.05) is 32.4 Å². The van der Waals surface area contributed by atoms with Crippen LogP contribution < -0.4 is 0 Å². The van der Waals surface area contributed by atoms with Crippen LogP contribution in [0.1, 0.15) is 40.0 Å². The third kappa shape index (κ3) is 3.49. The Morgan fingerprint density at radius 2 is 1.65 bits per heavy atom. The topological polar surface area (TPSA) is 59.1 Å². The first kappa shape index (κ1) is 17.4. The average Bonchev–Trinajstić information content (AvgIpc) is 2.95. The minimum absolute atomic E-state index is 0.116. The van der Waals surface area contributed by atoms with E-state index in [1.54, 1.807) is 8.61 Å². The van der Waals surface area contributed by atoms with E-state index in [1.807, 2.05) is 0 Å². The molecule has 0 atom stereocenters. The number of ether oxygens (including phenoxy) is 2. The zero-order chi connectivity index (χ0) is 16.7. The number of nitrogens with zero attached hydrogens (tertiary/aromatic N) is 2. The van der Waals surface area contributed by atoms with Crippen molar-refractivity contribution in [3.8, 4) is 0 Å². The molecular weight excluding hydrogens is 316 g/mol. The van der Waals surface area contributed by atoms with E-state index in [0.717, 1.165) is 6.42 Å². The number of rotatable bonds is 2. The van der Waals surface area contributed by atoms with Crippen LogP contribution in [0.25, 0.3) is 0 Å². The van der Waals surface area contributed by atoms with Gasteiger partial charge < -0.3 is 9.47 Å². The fraction of sp³-hybridized carbons (Fsp3) is 0.875. The van der Waals surface area contributed by atoms with Gasteiger partial charge in [0.15, 0.2) is 5.79 Å². The van der Waals surface area contributed by atoms with Crippen molar-refractivity contribution in [2.45, 2.75) is 45.8 Å². The SMILES string of the molecule is CC(C)(C)C1=CCN(S(=O)(=O)N2CCC3(CC2)OCCO3)CC1. The summed E-state index contributed by atoms with van der Waals surface area (Å²) in [6.45, 7) is 9.73. The molecule has 3 aliphatic rings. The maximum atomic E-state index is 12.8. The van der Waals surface area contributed by atoms with Crippen LogP contribution in [0, 0.1) is 5.41 Å². The summed E-state index contributed by atoms with van der Waals surface area (Å²) in [6, 6.07) is 0. The number of hydrogen-bond acceptors (Lipinski definition) is 4. The second-order valence-electron chi connectivity index (χ2n) is 7.60. The summed E-state index contributed by atoms with van der Waals surface area (Å²) in [7, 11) is -3.39. The molecule has 23 heavy (non-hydrogen) atoms. The van der Waals surface area contributed by atoms with Crippen molar-refractivity contribution in [3.63, 3.8) is 0 Å². The third-order valence-electron chi connectivity index (χ3n) is 5.09. The summed E-state index contributed by atoms with van der Waals surface area (Å²) in [5.41, 5.74) is 1.46. The van der Waals surface area contributed by atoms with Gasteiger partial charge in [-0.3, -0.25) is 0 Å². The van der Waals surface area contributed by atoms with Crippen LogP contribution >= 0.6 is 0 Å². The van der Waals surface area contributed by atoms with Gasteiger partial charge in [0.25, 0.3) is 10.2 Å². The largest absolute Gasteiger partial charge is 0.347 e. The summed E-state index contributed by atoms with van der Waals surface area (Å²) in [6.07, 6.45) is 4.12. The number of hydrogen-bond donors (Lipinski definition) is 0. The van der Waals surface area contributed by atoms with Crippen LogP contribution in [0.5, 0.6) is 0 Å². The van der Waals surface area contributed by atoms with Gasteiger partial charge in [-0.15, -0.1) is 0 Å². The first-order valence-electron chi connectivity index (χ1n) is 8.46. The first-order valence-corrected chi connectivity index (χ1v) is 9.85. The molecule has 0 radical (unpaired) electrons. The molecule has 0 unspecified atom stereocenters. The van der Waals surface area contributed by atoms with Crippen molar-refractivity contribution in [3.05, 3.63) is 11.6 Å². The molecule has 0 aromatic heterocycles. The van der Waals surface area contributed by atoms with Gasteiger partial charge in [-0.2, -0.15) is 17.0 Å². The highest BCUT2D eigenvalue weighted by Crippen LogP contribution is 2.34. The smallest absolute Gasteiger partial charge is 0.282 e. The van der Waals surface area contributed by atoms with E-state index in [4.69, 9.17) is 9.47 Å². The minimum Gasteiger partial charge on any atom is -0.347 e. The van der Waals surface area contributed by atoms with Crippen molar-refractivity contribution in [1.82, 2.24) is 8.61 Å². The Labute approximate surface area is 139 Å². The van der Waals surface area contributed by atoms with Crippen LogP contribution in [-0.2, 0) is 19.7 Å². The van der Waals surface area contributed by atoms with Gasteiger partial charge in [-0.25, -0.2) is 0 Å². The van der Waals surface area contributed by atoms with Crippen LogP contribution in [0.15, 0.2) is 11.6 Å². The second kappa shape index (κ2) is 6.11. The Morgan fingerprint density at radius 1 is 1.04 bits per heavy atom. The van der Waals surface area contributed by atoms with E-state index < -0.39 is 16.0 Å². The monoisotopic (exact) mass is 344 g/mol. The van der Waals surface area contributed by atoms with E-state index in [-0.39, 0.29) is 5.41 Å². The zero-order valence-corrected chi connectivity index (χ0v) is 15.2. The van der Waals surface area contributed by atoms with Gasteiger partial charge in [0.2, 0.25) is 0 Å². The molecule has 1 spiro atoms.